The molecule has 0 radical (unpaired) electrons. The number of fused-ring (bicyclic) bond motifs is 2. The second kappa shape index (κ2) is 6.98. The van der Waals surface area contributed by atoms with Gasteiger partial charge in [-0.15, -0.1) is 0 Å². The van der Waals surface area contributed by atoms with Crippen molar-refractivity contribution in [2.24, 2.45) is 7.05 Å². The number of anilines is 1. The van der Waals surface area contributed by atoms with Gasteiger partial charge in [0.2, 0.25) is 0 Å². The van der Waals surface area contributed by atoms with E-state index >= 15 is 0 Å². The molecule has 1 fully saturated rings. The number of hydrogen-bond acceptors (Lipinski definition) is 6. The van der Waals surface area contributed by atoms with Gasteiger partial charge in [-0.2, -0.15) is 5.10 Å². The zero-order chi connectivity index (χ0) is 19.1. The van der Waals surface area contributed by atoms with Crippen molar-refractivity contribution in [3.8, 4) is 0 Å². The molecule has 0 unspecified atom stereocenters. The molecule has 2 aliphatic heterocycles. The molecule has 0 saturated carbocycles. The fourth-order valence-electron chi connectivity index (χ4n) is 4.34. The predicted molar refractivity (Wildman–Crippen MR) is 110 cm³/mol. The second-order valence-electron chi connectivity index (χ2n) is 7.64. The zero-order valence-corrected chi connectivity index (χ0v) is 16.3. The fourth-order valence-corrected chi connectivity index (χ4v) is 4.34. The van der Waals surface area contributed by atoms with Crippen LogP contribution in [0.1, 0.15) is 11.3 Å². The van der Waals surface area contributed by atoms with Crippen LogP contribution in [0.15, 0.2) is 41.6 Å². The average molecular weight is 378 g/mol. The molecular weight excluding hydrogens is 352 g/mol. The maximum Gasteiger partial charge on any atom is 0.180 e. The first-order chi connectivity index (χ1) is 13.7. The number of benzene rings is 1. The second-order valence-corrected chi connectivity index (χ2v) is 7.64. The first-order valence-electron chi connectivity index (χ1n) is 9.97. The molecule has 146 valence electrons. The van der Waals surface area contributed by atoms with E-state index in [4.69, 9.17) is 4.52 Å². The Morgan fingerprint density at radius 2 is 1.89 bits per heavy atom. The molecule has 0 bridgehead atoms. The van der Waals surface area contributed by atoms with Crippen LogP contribution in [0.3, 0.4) is 0 Å². The molecule has 0 aliphatic carbocycles. The van der Waals surface area contributed by atoms with Gasteiger partial charge in [0, 0.05) is 76.2 Å². The normalized spacial score (nSPS) is 18.1. The van der Waals surface area contributed by atoms with E-state index in [2.05, 4.69) is 37.6 Å². The number of aromatic nitrogens is 3. The minimum atomic E-state index is 0.860. The summed E-state index contributed by atoms with van der Waals surface area (Å²) in [4.78, 5) is 7.27. The van der Waals surface area contributed by atoms with E-state index in [9.17, 15) is 0 Å². The third-order valence-electron chi connectivity index (χ3n) is 6.09. The van der Waals surface area contributed by atoms with Crippen molar-refractivity contribution in [1.82, 2.24) is 24.7 Å². The van der Waals surface area contributed by atoms with E-state index < -0.39 is 0 Å². The van der Waals surface area contributed by atoms with E-state index in [-0.39, 0.29) is 0 Å². The molecule has 0 spiro atoms. The van der Waals surface area contributed by atoms with Gasteiger partial charge >= 0.3 is 0 Å². The van der Waals surface area contributed by atoms with Crippen LogP contribution >= 0.6 is 0 Å². The van der Waals surface area contributed by atoms with Crippen LogP contribution in [0.25, 0.3) is 16.7 Å². The molecule has 3 aromatic rings. The van der Waals surface area contributed by atoms with E-state index in [1.54, 1.807) is 0 Å². The summed E-state index contributed by atoms with van der Waals surface area (Å²) in [5, 5.41) is 9.79. The summed E-state index contributed by atoms with van der Waals surface area (Å²) in [6.45, 7) is 11.4. The number of nitrogens with zero attached hydrogens (tertiary/aromatic N) is 6. The van der Waals surface area contributed by atoms with Crippen LogP contribution in [0, 0.1) is 0 Å². The highest BCUT2D eigenvalue weighted by molar-refractivity contribution is 5.88. The summed E-state index contributed by atoms with van der Waals surface area (Å²) in [5.74, 6) is 0.976. The Morgan fingerprint density at radius 1 is 1.07 bits per heavy atom. The molecule has 1 aromatic carbocycles. The Bertz CT molecular complexity index is 997. The van der Waals surface area contributed by atoms with Crippen LogP contribution in [-0.4, -0.2) is 70.6 Å². The molecule has 0 N–H and O–H groups in total. The standard InChI is InChI=1S/C21H26N6O/c1-16-18-15-22-24(2)19(18)7-8-26(16)12-9-25-10-13-27(14-11-25)21-17-5-3-4-6-20(17)28-23-21/h3-6,15H,1,7-14H2,2H3. The van der Waals surface area contributed by atoms with Gasteiger partial charge in [-0.3, -0.25) is 9.58 Å². The maximum atomic E-state index is 5.47. The molecular formula is C21H26N6O. The van der Waals surface area contributed by atoms with E-state index in [1.807, 2.05) is 36.1 Å². The largest absolute Gasteiger partial charge is 0.370 e. The molecule has 7 heteroatoms. The highest BCUT2D eigenvalue weighted by Gasteiger charge is 2.25. The number of aryl methyl sites for hydroxylation is 1. The Morgan fingerprint density at radius 3 is 2.75 bits per heavy atom. The Balaban J connectivity index is 1.17. The van der Waals surface area contributed by atoms with Gasteiger partial charge in [-0.25, -0.2) is 0 Å². The van der Waals surface area contributed by atoms with Crippen molar-refractivity contribution in [3.63, 3.8) is 0 Å². The predicted octanol–water partition coefficient (Wildman–Crippen LogP) is 2.21. The van der Waals surface area contributed by atoms with Gasteiger partial charge in [0.05, 0.1) is 11.6 Å². The molecule has 1 saturated heterocycles. The Hall–Kier alpha value is -2.80. The topological polar surface area (TPSA) is 53.6 Å². The average Bonchev–Trinajstić information content (AvgIpc) is 3.32. The van der Waals surface area contributed by atoms with Gasteiger partial charge < -0.3 is 14.3 Å². The summed E-state index contributed by atoms with van der Waals surface area (Å²) in [6, 6.07) is 8.08. The third kappa shape index (κ3) is 2.96. The maximum absolute atomic E-state index is 5.47. The van der Waals surface area contributed by atoms with Crippen molar-refractivity contribution in [2.75, 3.05) is 50.7 Å². The van der Waals surface area contributed by atoms with Crippen LogP contribution in [0.4, 0.5) is 5.82 Å². The van der Waals surface area contributed by atoms with Crippen LogP contribution in [0.5, 0.6) is 0 Å². The molecule has 5 rings (SSSR count). The Kier molecular flexibility index (Phi) is 4.31. The number of piperazine rings is 1. The molecule has 28 heavy (non-hydrogen) atoms. The van der Waals surface area contributed by atoms with Crippen LogP contribution in [0.2, 0.25) is 0 Å². The minimum Gasteiger partial charge on any atom is -0.370 e. The first-order valence-corrected chi connectivity index (χ1v) is 9.97. The molecule has 7 nitrogen and oxygen atoms in total. The lowest BCUT2D eigenvalue weighted by Gasteiger charge is -2.37. The van der Waals surface area contributed by atoms with Gasteiger partial charge in [-0.1, -0.05) is 23.9 Å². The van der Waals surface area contributed by atoms with Crippen molar-refractivity contribution in [3.05, 3.63) is 48.3 Å². The van der Waals surface area contributed by atoms with Crippen molar-refractivity contribution >= 4 is 22.5 Å². The fraction of sp³-hybridized carbons (Fsp3) is 0.429. The van der Waals surface area contributed by atoms with Crippen LogP contribution in [-0.2, 0) is 13.5 Å². The van der Waals surface area contributed by atoms with Crippen molar-refractivity contribution < 1.29 is 4.52 Å². The highest BCUT2D eigenvalue weighted by Crippen LogP contribution is 2.28. The molecule has 2 aromatic heterocycles. The lowest BCUT2D eigenvalue weighted by molar-refractivity contribution is 0.228. The molecule has 0 atom stereocenters. The lowest BCUT2D eigenvalue weighted by atomic mass is 10.1. The molecule has 0 amide bonds. The first kappa shape index (κ1) is 17.3. The summed E-state index contributed by atoms with van der Waals surface area (Å²) in [6.07, 6.45) is 2.99. The monoisotopic (exact) mass is 378 g/mol. The van der Waals surface area contributed by atoms with E-state index in [0.29, 0.717) is 0 Å². The minimum absolute atomic E-state index is 0.860. The SMILES string of the molecule is C=C1c2cnn(C)c2CCN1CCN1CCN(c2noc3ccccc23)CC1. The summed E-state index contributed by atoms with van der Waals surface area (Å²) in [5.41, 5.74) is 4.48. The molecule has 2 aliphatic rings. The van der Waals surface area contributed by atoms with Gasteiger partial charge in [0.25, 0.3) is 0 Å². The van der Waals surface area contributed by atoms with Crippen molar-refractivity contribution in [2.45, 2.75) is 6.42 Å². The number of rotatable bonds is 4. The van der Waals surface area contributed by atoms with Gasteiger partial charge in [-0.05, 0) is 12.1 Å². The van der Waals surface area contributed by atoms with E-state index in [0.717, 1.165) is 74.7 Å². The molecule has 4 heterocycles. The lowest BCUT2D eigenvalue weighted by Crippen LogP contribution is -2.48. The smallest absolute Gasteiger partial charge is 0.180 e. The third-order valence-corrected chi connectivity index (χ3v) is 6.09. The zero-order valence-electron chi connectivity index (χ0n) is 16.3. The number of para-hydroxylation sites is 1. The quantitative estimate of drug-likeness (QED) is 0.694. The van der Waals surface area contributed by atoms with Crippen molar-refractivity contribution in [1.29, 1.82) is 0 Å². The van der Waals surface area contributed by atoms with E-state index in [1.165, 1.54) is 11.3 Å². The highest BCUT2D eigenvalue weighted by atomic mass is 16.5. The summed E-state index contributed by atoms with van der Waals surface area (Å²) in [7, 11) is 2.01. The Labute approximate surface area is 164 Å². The summed E-state index contributed by atoms with van der Waals surface area (Å²) < 4.78 is 7.45. The number of hydrogen-bond donors (Lipinski definition) is 0. The van der Waals surface area contributed by atoms with Gasteiger partial charge in [0.1, 0.15) is 0 Å². The van der Waals surface area contributed by atoms with Crippen LogP contribution < -0.4 is 4.90 Å². The van der Waals surface area contributed by atoms with Gasteiger partial charge in [0.15, 0.2) is 11.4 Å². The summed E-state index contributed by atoms with van der Waals surface area (Å²) >= 11 is 0.